The molecular formula is C11H19N3S. The van der Waals surface area contributed by atoms with Crippen LogP contribution in [0.15, 0.2) is 11.7 Å². The lowest BCUT2D eigenvalue weighted by molar-refractivity contribution is 0.382. The molecule has 3 nitrogen and oxygen atoms in total. The van der Waals surface area contributed by atoms with Crippen molar-refractivity contribution in [3.05, 3.63) is 16.6 Å². The summed E-state index contributed by atoms with van der Waals surface area (Å²) in [5, 5.41) is 3.59. The number of hydrogen-bond acceptors (Lipinski definition) is 4. The fourth-order valence-electron chi connectivity index (χ4n) is 2.08. The first-order valence-corrected chi connectivity index (χ1v) is 6.44. The molecule has 2 heterocycles. The van der Waals surface area contributed by atoms with Gasteiger partial charge in [0.1, 0.15) is 0 Å². The number of aromatic nitrogens is 1. The van der Waals surface area contributed by atoms with E-state index in [1.807, 2.05) is 11.7 Å². The van der Waals surface area contributed by atoms with Crippen molar-refractivity contribution in [2.24, 2.45) is 5.92 Å². The first-order valence-electron chi connectivity index (χ1n) is 5.56. The molecule has 84 valence electrons. The van der Waals surface area contributed by atoms with Gasteiger partial charge in [0.05, 0.1) is 5.51 Å². The third kappa shape index (κ3) is 3.00. The van der Waals surface area contributed by atoms with E-state index in [-0.39, 0.29) is 0 Å². The molecule has 0 bridgehead atoms. The maximum Gasteiger partial charge on any atom is 0.0794 e. The quantitative estimate of drug-likeness (QED) is 0.846. The van der Waals surface area contributed by atoms with Crippen LogP contribution in [-0.2, 0) is 0 Å². The lowest BCUT2D eigenvalue weighted by atomic mass is 10.1. The Morgan fingerprint density at radius 2 is 2.60 bits per heavy atom. The Balaban J connectivity index is 1.74. The monoisotopic (exact) mass is 225 g/mol. The number of likely N-dealkylation sites (tertiary alicyclic amines) is 1. The number of hydrogen-bond donors (Lipinski definition) is 1. The minimum Gasteiger partial charge on any atom is -0.309 e. The van der Waals surface area contributed by atoms with Crippen LogP contribution in [0.3, 0.4) is 0 Å². The molecular weight excluding hydrogens is 206 g/mol. The van der Waals surface area contributed by atoms with E-state index in [9.17, 15) is 0 Å². The summed E-state index contributed by atoms with van der Waals surface area (Å²) in [6.07, 6.45) is 3.29. The van der Waals surface area contributed by atoms with Crippen LogP contribution >= 0.6 is 11.3 Å². The highest BCUT2D eigenvalue weighted by molar-refractivity contribution is 7.09. The Morgan fingerprint density at radius 3 is 3.20 bits per heavy atom. The molecule has 1 aromatic rings. The summed E-state index contributed by atoms with van der Waals surface area (Å²) in [7, 11) is 2.20. The minimum atomic E-state index is 0.448. The molecule has 4 heteroatoms. The Morgan fingerprint density at radius 1 is 1.73 bits per heavy atom. The van der Waals surface area contributed by atoms with E-state index in [1.165, 1.54) is 24.4 Å². The van der Waals surface area contributed by atoms with Crippen LogP contribution in [0.5, 0.6) is 0 Å². The molecule has 2 rings (SSSR count). The van der Waals surface area contributed by atoms with Crippen LogP contribution in [0.25, 0.3) is 0 Å². The second-order valence-corrected chi connectivity index (χ2v) is 5.37. The predicted octanol–water partition coefficient (Wildman–Crippen LogP) is 1.75. The smallest absolute Gasteiger partial charge is 0.0794 e. The summed E-state index contributed by atoms with van der Waals surface area (Å²) in [6.45, 7) is 5.83. The largest absolute Gasteiger partial charge is 0.309 e. The van der Waals surface area contributed by atoms with Crippen molar-refractivity contribution >= 4 is 11.3 Å². The fraction of sp³-hybridized carbons (Fsp3) is 0.727. The van der Waals surface area contributed by atoms with Crippen molar-refractivity contribution in [2.45, 2.75) is 19.4 Å². The highest BCUT2D eigenvalue weighted by atomic mass is 32.1. The summed E-state index contributed by atoms with van der Waals surface area (Å²) in [4.78, 5) is 7.85. The van der Waals surface area contributed by atoms with E-state index >= 15 is 0 Å². The molecule has 0 aromatic carbocycles. The molecule has 1 N–H and O–H groups in total. The van der Waals surface area contributed by atoms with Gasteiger partial charge in [-0.1, -0.05) is 0 Å². The highest BCUT2D eigenvalue weighted by Crippen LogP contribution is 2.18. The topological polar surface area (TPSA) is 28.2 Å². The van der Waals surface area contributed by atoms with Crippen molar-refractivity contribution in [1.29, 1.82) is 0 Å². The van der Waals surface area contributed by atoms with Crippen molar-refractivity contribution in [3.8, 4) is 0 Å². The minimum absolute atomic E-state index is 0.448. The van der Waals surface area contributed by atoms with Crippen LogP contribution in [0.4, 0.5) is 0 Å². The summed E-state index contributed by atoms with van der Waals surface area (Å²) < 4.78 is 0. The molecule has 1 aliphatic rings. The van der Waals surface area contributed by atoms with E-state index in [2.05, 4.69) is 29.2 Å². The van der Waals surface area contributed by atoms with Crippen LogP contribution in [0.1, 0.15) is 24.3 Å². The Labute approximate surface area is 95.5 Å². The molecule has 0 spiro atoms. The van der Waals surface area contributed by atoms with Gasteiger partial charge in [0, 0.05) is 23.7 Å². The SMILES string of the molecule is CC(NCC1CCN(C)C1)c1cncs1. The van der Waals surface area contributed by atoms with Gasteiger partial charge in [-0.25, -0.2) is 0 Å². The van der Waals surface area contributed by atoms with E-state index in [4.69, 9.17) is 0 Å². The van der Waals surface area contributed by atoms with Gasteiger partial charge in [-0.05, 0) is 39.4 Å². The lowest BCUT2D eigenvalue weighted by Gasteiger charge is -2.15. The first kappa shape index (κ1) is 11.0. The van der Waals surface area contributed by atoms with Crippen molar-refractivity contribution in [2.75, 3.05) is 26.7 Å². The highest BCUT2D eigenvalue weighted by Gasteiger charge is 2.19. The average Bonchev–Trinajstić information content (AvgIpc) is 2.84. The Hall–Kier alpha value is -0.450. The molecule has 2 atom stereocenters. The van der Waals surface area contributed by atoms with Gasteiger partial charge in [0.15, 0.2) is 0 Å². The molecule has 1 fully saturated rings. The van der Waals surface area contributed by atoms with Crippen LogP contribution < -0.4 is 5.32 Å². The maximum absolute atomic E-state index is 4.11. The predicted molar refractivity (Wildman–Crippen MR) is 64.1 cm³/mol. The van der Waals surface area contributed by atoms with Crippen molar-refractivity contribution < 1.29 is 0 Å². The third-order valence-electron chi connectivity index (χ3n) is 3.08. The van der Waals surface area contributed by atoms with E-state index in [1.54, 1.807) is 11.3 Å². The van der Waals surface area contributed by atoms with E-state index < -0.39 is 0 Å². The molecule has 1 saturated heterocycles. The van der Waals surface area contributed by atoms with Gasteiger partial charge < -0.3 is 10.2 Å². The van der Waals surface area contributed by atoms with Gasteiger partial charge in [0.2, 0.25) is 0 Å². The molecule has 0 amide bonds. The summed E-state index contributed by atoms with van der Waals surface area (Å²) in [5.41, 5.74) is 1.90. The molecule has 0 saturated carbocycles. The summed E-state index contributed by atoms with van der Waals surface area (Å²) >= 11 is 1.73. The molecule has 0 aliphatic carbocycles. The molecule has 0 radical (unpaired) electrons. The zero-order chi connectivity index (χ0) is 10.7. The normalized spacial score (nSPS) is 24.5. The molecule has 1 aliphatic heterocycles. The lowest BCUT2D eigenvalue weighted by Crippen LogP contribution is -2.27. The molecule has 15 heavy (non-hydrogen) atoms. The van der Waals surface area contributed by atoms with E-state index in [0.717, 1.165) is 12.5 Å². The third-order valence-corrected chi connectivity index (χ3v) is 4.04. The number of rotatable bonds is 4. The average molecular weight is 225 g/mol. The fourth-order valence-corrected chi connectivity index (χ4v) is 2.73. The van der Waals surface area contributed by atoms with Crippen molar-refractivity contribution in [1.82, 2.24) is 15.2 Å². The van der Waals surface area contributed by atoms with Gasteiger partial charge in [0.25, 0.3) is 0 Å². The van der Waals surface area contributed by atoms with Crippen LogP contribution in [0.2, 0.25) is 0 Å². The van der Waals surface area contributed by atoms with Gasteiger partial charge in [-0.15, -0.1) is 11.3 Å². The van der Waals surface area contributed by atoms with E-state index in [0.29, 0.717) is 6.04 Å². The molecule has 2 unspecified atom stereocenters. The number of thiazole rings is 1. The van der Waals surface area contributed by atoms with Crippen molar-refractivity contribution in [3.63, 3.8) is 0 Å². The van der Waals surface area contributed by atoms with Gasteiger partial charge >= 0.3 is 0 Å². The molecule has 1 aromatic heterocycles. The summed E-state index contributed by atoms with van der Waals surface area (Å²) in [5.74, 6) is 0.824. The second-order valence-electron chi connectivity index (χ2n) is 4.45. The van der Waals surface area contributed by atoms with Crippen LogP contribution in [-0.4, -0.2) is 36.6 Å². The van der Waals surface area contributed by atoms with Crippen LogP contribution in [0, 0.1) is 5.92 Å². The number of nitrogens with zero attached hydrogens (tertiary/aromatic N) is 2. The van der Waals surface area contributed by atoms with Gasteiger partial charge in [-0.2, -0.15) is 0 Å². The maximum atomic E-state index is 4.11. The Bertz CT molecular complexity index is 286. The standard InChI is InChI=1S/C11H19N3S/c1-9(11-6-12-8-15-11)13-5-10-3-4-14(2)7-10/h6,8-10,13H,3-5,7H2,1-2H3. The van der Waals surface area contributed by atoms with Gasteiger partial charge in [-0.3, -0.25) is 4.98 Å². The first-order chi connectivity index (χ1) is 7.25. The zero-order valence-electron chi connectivity index (χ0n) is 9.44. The summed E-state index contributed by atoms with van der Waals surface area (Å²) in [6, 6.07) is 0.448. The number of nitrogens with one attached hydrogen (secondary N) is 1. The Kier molecular flexibility index (Phi) is 3.72. The zero-order valence-corrected chi connectivity index (χ0v) is 10.3. The second kappa shape index (κ2) is 5.05.